The Morgan fingerprint density at radius 1 is 0.909 bits per heavy atom. The minimum atomic E-state index is -0.804. The van der Waals surface area contributed by atoms with Crippen LogP contribution in [-0.2, 0) is 9.59 Å². The van der Waals surface area contributed by atoms with Gasteiger partial charge in [0.1, 0.15) is 11.7 Å². The lowest BCUT2D eigenvalue weighted by Crippen LogP contribution is -2.33. The Hall–Kier alpha value is -4.26. The molecule has 0 spiro atoms. The van der Waals surface area contributed by atoms with E-state index in [0.29, 0.717) is 34.4 Å². The van der Waals surface area contributed by atoms with Crippen molar-refractivity contribution >= 4 is 34.2 Å². The molecule has 0 aliphatic heterocycles. The van der Waals surface area contributed by atoms with Crippen LogP contribution in [0.1, 0.15) is 26.3 Å². The number of para-hydroxylation sites is 4. The van der Waals surface area contributed by atoms with Gasteiger partial charge in [0.15, 0.2) is 0 Å². The van der Waals surface area contributed by atoms with Gasteiger partial charge in [-0.2, -0.15) is 0 Å². The van der Waals surface area contributed by atoms with Crippen LogP contribution in [0.25, 0.3) is 22.3 Å². The monoisotopic (exact) mass is 440 g/mol. The van der Waals surface area contributed by atoms with Gasteiger partial charge in [-0.05, 0) is 37.3 Å². The number of aromatic nitrogens is 2. The molecule has 166 valence electrons. The van der Waals surface area contributed by atoms with E-state index in [1.807, 2.05) is 24.3 Å². The number of nitrogens with one attached hydrogen (secondary N) is 2. The minimum Gasteiger partial charge on any atom is -0.325 e. The van der Waals surface area contributed by atoms with Crippen LogP contribution >= 0.6 is 0 Å². The molecule has 2 N–H and O–H groups in total. The van der Waals surface area contributed by atoms with Crippen LogP contribution in [0.3, 0.4) is 0 Å². The Bertz CT molecular complexity index is 1380. The van der Waals surface area contributed by atoms with Crippen LogP contribution in [0, 0.1) is 0 Å². The van der Waals surface area contributed by atoms with Gasteiger partial charge in [0.05, 0.1) is 16.7 Å². The molecule has 1 unspecified atom stereocenters. The Balaban J connectivity index is 1.85. The van der Waals surface area contributed by atoms with Crippen molar-refractivity contribution in [2.45, 2.75) is 26.3 Å². The average Bonchev–Trinajstić information content (AvgIpc) is 2.84. The van der Waals surface area contributed by atoms with Crippen LogP contribution in [0.2, 0.25) is 0 Å². The molecule has 7 heteroatoms. The van der Waals surface area contributed by atoms with Gasteiger partial charge in [-0.3, -0.25) is 19.0 Å². The number of hydrogen-bond acceptors (Lipinski definition) is 4. The molecule has 0 aliphatic carbocycles. The van der Waals surface area contributed by atoms with Gasteiger partial charge in [0, 0.05) is 17.7 Å². The average molecular weight is 441 g/mol. The molecule has 33 heavy (non-hydrogen) atoms. The zero-order valence-corrected chi connectivity index (χ0v) is 18.4. The molecule has 1 atom stereocenters. The first-order chi connectivity index (χ1) is 16.0. The van der Waals surface area contributed by atoms with E-state index in [0.717, 1.165) is 0 Å². The summed E-state index contributed by atoms with van der Waals surface area (Å²) in [6, 6.07) is 22.5. The SMILES string of the molecule is CCC(=O)Nc1ccccc1-c1nc2ccccc2n(C(C)C(=O)Nc2ccccc2)c1=O. The van der Waals surface area contributed by atoms with Crippen molar-refractivity contribution in [1.29, 1.82) is 0 Å². The number of anilines is 2. The third-order valence-electron chi connectivity index (χ3n) is 5.38. The lowest BCUT2D eigenvalue weighted by molar-refractivity contribution is -0.119. The Kier molecular flexibility index (Phi) is 6.31. The highest BCUT2D eigenvalue weighted by atomic mass is 16.2. The van der Waals surface area contributed by atoms with Gasteiger partial charge >= 0.3 is 0 Å². The van der Waals surface area contributed by atoms with Gasteiger partial charge in [0.2, 0.25) is 11.8 Å². The summed E-state index contributed by atoms with van der Waals surface area (Å²) < 4.78 is 1.45. The maximum Gasteiger partial charge on any atom is 0.278 e. The van der Waals surface area contributed by atoms with Crippen molar-refractivity contribution in [3.05, 3.63) is 89.2 Å². The van der Waals surface area contributed by atoms with Crippen molar-refractivity contribution in [3.8, 4) is 11.3 Å². The largest absolute Gasteiger partial charge is 0.325 e. The number of nitrogens with zero attached hydrogens (tertiary/aromatic N) is 2. The third kappa shape index (κ3) is 4.52. The quantitative estimate of drug-likeness (QED) is 0.458. The zero-order chi connectivity index (χ0) is 23.4. The second-order valence-electron chi connectivity index (χ2n) is 7.60. The van der Waals surface area contributed by atoms with Gasteiger partial charge < -0.3 is 10.6 Å². The number of hydrogen-bond donors (Lipinski definition) is 2. The Labute approximate surface area is 191 Å². The predicted molar refractivity (Wildman–Crippen MR) is 130 cm³/mol. The summed E-state index contributed by atoms with van der Waals surface area (Å²) in [4.78, 5) is 43.4. The van der Waals surface area contributed by atoms with Crippen LogP contribution < -0.4 is 16.2 Å². The summed E-state index contributed by atoms with van der Waals surface area (Å²) in [6.45, 7) is 3.44. The highest BCUT2D eigenvalue weighted by Crippen LogP contribution is 2.27. The van der Waals surface area contributed by atoms with E-state index >= 15 is 0 Å². The van der Waals surface area contributed by atoms with Crippen molar-refractivity contribution in [2.24, 2.45) is 0 Å². The normalized spacial score (nSPS) is 11.7. The standard InChI is InChI=1S/C26H24N4O3/c1-3-23(31)28-20-14-8-7-13-19(20)24-26(33)30(22-16-10-9-15-21(22)29-24)17(2)25(32)27-18-11-5-4-6-12-18/h4-17H,3H2,1-2H3,(H,27,32)(H,28,31). The lowest BCUT2D eigenvalue weighted by atomic mass is 10.1. The highest BCUT2D eigenvalue weighted by molar-refractivity contribution is 5.96. The van der Waals surface area contributed by atoms with Gasteiger partial charge in [-0.25, -0.2) is 4.98 Å². The van der Waals surface area contributed by atoms with E-state index in [9.17, 15) is 14.4 Å². The number of rotatable bonds is 6. The van der Waals surface area contributed by atoms with E-state index in [1.165, 1.54) is 4.57 Å². The fourth-order valence-electron chi connectivity index (χ4n) is 3.64. The van der Waals surface area contributed by atoms with Crippen molar-refractivity contribution in [1.82, 2.24) is 9.55 Å². The molecule has 0 radical (unpaired) electrons. The van der Waals surface area contributed by atoms with Crippen LogP contribution in [0.5, 0.6) is 0 Å². The van der Waals surface area contributed by atoms with E-state index in [1.54, 1.807) is 68.4 Å². The molecular weight excluding hydrogens is 416 g/mol. The summed E-state index contributed by atoms with van der Waals surface area (Å²) in [5, 5.41) is 5.69. The second kappa shape index (κ2) is 9.48. The maximum absolute atomic E-state index is 13.7. The summed E-state index contributed by atoms with van der Waals surface area (Å²) >= 11 is 0. The molecule has 2 amide bonds. The number of carbonyl (C=O) groups is 2. The molecule has 0 bridgehead atoms. The summed E-state index contributed by atoms with van der Waals surface area (Å²) in [5.74, 6) is -0.489. The molecule has 4 aromatic rings. The topological polar surface area (TPSA) is 93.1 Å². The van der Waals surface area contributed by atoms with Crippen LogP contribution in [0.15, 0.2) is 83.7 Å². The van der Waals surface area contributed by atoms with E-state index in [-0.39, 0.29) is 17.5 Å². The molecule has 0 fully saturated rings. The second-order valence-corrected chi connectivity index (χ2v) is 7.60. The number of amides is 2. The van der Waals surface area contributed by atoms with Gasteiger partial charge in [0.25, 0.3) is 5.56 Å². The fourth-order valence-corrected chi connectivity index (χ4v) is 3.64. The summed E-state index contributed by atoms with van der Waals surface area (Å²) in [6.07, 6.45) is 0.306. The number of fused-ring (bicyclic) bond motifs is 1. The zero-order valence-electron chi connectivity index (χ0n) is 18.4. The molecule has 3 aromatic carbocycles. The first-order valence-corrected chi connectivity index (χ1v) is 10.8. The van der Waals surface area contributed by atoms with Crippen LogP contribution in [0.4, 0.5) is 11.4 Å². The third-order valence-corrected chi connectivity index (χ3v) is 5.38. The summed E-state index contributed by atoms with van der Waals surface area (Å²) in [7, 11) is 0. The van der Waals surface area contributed by atoms with E-state index in [4.69, 9.17) is 0 Å². The highest BCUT2D eigenvalue weighted by Gasteiger charge is 2.23. The molecular formula is C26H24N4O3. The number of benzene rings is 3. The van der Waals surface area contributed by atoms with Crippen molar-refractivity contribution in [3.63, 3.8) is 0 Å². The summed E-state index contributed by atoms with van der Waals surface area (Å²) in [5.41, 5.74) is 2.52. The van der Waals surface area contributed by atoms with E-state index in [2.05, 4.69) is 15.6 Å². The minimum absolute atomic E-state index is 0.167. The number of carbonyl (C=O) groups excluding carboxylic acids is 2. The predicted octanol–water partition coefficient (Wildman–Crippen LogP) is 4.61. The first-order valence-electron chi connectivity index (χ1n) is 10.8. The Morgan fingerprint density at radius 2 is 1.58 bits per heavy atom. The Morgan fingerprint density at radius 3 is 2.33 bits per heavy atom. The molecule has 0 saturated carbocycles. The van der Waals surface area contributed by atoms with Crippen molar-refractivity contribution < 1.29 is 9.59 Å². The molecule has 0 aliphatic rings. The first kappa shape index (κ1) is 22.0. The van der Waals surface area contributed by atoms with Gasteiger partial charge in [-0.15, -0.1) is 0 Å². The lowest BCUT2D eigenvalue weighted by Gasteiger charge is -2.19. The van der Waals surface area contributed by atoms with Crippen LogP contribution in [-0.4, -0.2) is 21.4 Å². The van der Waals surface area contributed by atoms with Gasteiger partial charge in [-0.1, -0.05) is 55.5 Å². The molecule has 1 aromatic heterocycles. The smallest absolute Gasteiger partial charge is 0.278 e. The molecule has 0 saturated heterocycles. The van der Waals surface area contributed by atoms with Crippen molar-refractivity contribution in [2.75, 3.05) is 10.6 Å². The fraction of sp³-hybridized carbons (Fsp3) is 0.154. The molecule has 7 nitrogen and oxygen atoms in total. The molecule has 4 rings (SSSR count). The molecule has 1 heterocycles. The maximum atomic E-state index is 13.7. The van der Waals surface area contributed by atoms with E-state index < -0.39 is 11.6 Å².